The molecular formula is C7H12N2O4S. The van der Waals surface area contributed by atoms with Gasteiger partial charge in [0.05, 0.1) is 6.07 Å². The van der Waals surface area contributed by atoms with Gasteiger partial charge in [-0.1, -0.05) is 0 Å². The fraction of sp³-hybridized carbons (Fsp3) is 0.714. The van der Waals surface area contributed by atoms with Crippen molar-refractivity contribution >= 4 is 16.0 Å². The topological polar surface area (TPSA) is 107 Å². The van der Waals surface area contributed by atoms with E-state index in [0.29, 0.717) is 6.42 Å². The minimum atomic E-state index is -3.80. The number of hydrogen-bond acceptors (Lipinski definition) is 4. The average molecular weight is 220 g/mol. The van der Waals surface area contributed by atoms with Gasteiger partial charge >= 0.3 is 5.97 Å². The highest BCUT2D eigenvalue weighted by Crippen LogP contribution is 1.98. The summed E-state index contributed by atoms with van der Waals surface area (Å²) in [5.41, 5.74) is 0. The highest BCUT2D eigenvalue weighted by Gasteiger charge is 2.26. The van der Waals surface area contributed by atoms with E-state index in [1.54, 1.807) is 0 Å². The summed E-state index contributed by atoms with van der Waals surface area (Å²) in [6.45, 7) is 1.18. The van der Waals surface area contributed by atoms with Gasteiger partial charge in [-0.2, -0.15) is 5.26 Å². The van der Waals surface area contributed by atoms with Crippen molar-refractivity contribution in [3.63, 3.8) is 0 Å². The third kappa shape index (κ3) is 4.20. The van der Waals surface area contributed by atoms with Gasteiger partial charge in [0.2, 0.25) is 10.0 Å². The van der Waals surface area contributed by atoms with Gasteiger partial charge in [0.15, 0.2) is 5.25 Å². The summed E-state index contributed by atoms with van der Waals surface area (Å²) in [5.74, 6) is -1.39. The van der Waals surface area contributed by atoms with Gasteiger partial charge in [-0.25, -0.2) is 13.1 Å². The minimum Gasteiger partial charge on any atom is -0.480 e. The highest BCUT2D eigenvalue weighted by molar-refractivity contribution is 7.90. The SMILES string of the molecule is CC(C(=O)O)S(=O)(=O)NCCCC#N. The zero-order valence-electron chi connectivity index (χ0n) is 7.73. The molecule has 1 atom stereocenters. The second-order valence-corrected chi connectivity index (χ2v) is 4.77. The first-order valence-electron chi connectivity index (χ1n) is 4.00. The Morgan fingerprint density at radius 2 is 2.21 bits per heavy atom. The molecule has 0 aromatic heterocycles. The molecule has 0 radical (unpaired) electrons. The molecule has 0 aliphatic carbocycles. The van der Waals surface area contributed by atoms with E-state index in [9.17, 15) is 13.2 Å². The predicted octanol–water partition coefficient (Wildman–Crippen LogP) is -0.317. The largest absolute Gasteiger partial charge is 0.480 e. The predicted molar refractivity (Wildman–Crippen MR) is 48.9 cm³/mol. The lowest BCUT2D eigenvalue weighted by atomic mass is 10.3. The average Bonchev–Trinajstić information content (AvgIpc) is 2.11. The van der Waals surface area contributed by atoms with Gasteiger partial charge in [-0.05, 0) is 13.3 Å². The van der Waals surface area contributed by atoms with Crippen molar-refractivity contribution in [2.75, 3.05) is 6.54 Å². The molecule has 0 aromatic rings. The fourth-order valence-corrected chi connectivity index (χ4v) is 1.58. The minimum absolute atomic E-state index is 0.0908. The molecule has 0 aliphatic heterocycles. The van der Waals surface area contributed by atoms with Crippen LogP contribution in [-0.2, 0) is 14.8 Å². The van der Waals surface area contributed by atoms with E-state index in [4.69, 9.17) is 10.4 Å². The number of rotatable bonds is 6. The maximum atomic E-state index is 11.2. The van der Waals surface area contributed by atoms with E-state index in [1.807, 2.05) is 6.07 Å². The molecule has 0 heterocycles. The van der Waals surface area contributed by atoms with Crippen molar-refractivity contribution in [3.05, 3.63) is 0 Å². The van der Waals surface area contributed by atoms with Crippen LogP contribution in [0.15, 0.2) is 0 Å². The van der Waals surface area contributed by atoms with Crippen LogP contribution < -0.4 is 4.72 Å². The maximum absolute atomic E-state index is 11.2. The smallest absolute Gasteiger partial charge is 0.323 e. The highest BCUT2D eigenvalue weighted by atomic mass is 32.2. The summed E-state index contributed by atoms with van der Waals surface area (Å²) in [6.07, 6.45) is 0.617. The molecule has 0 rings (SSSR count). The summed E-state index contributed by atoms with van der Waals surface area (Å²) in [5, 5.41) is 15.2. The summed E-state index contributed by atoms with van der Waals surface area (Å²) in [4.78, 5) is 10.4. The molecule has 80 valence electrons. The van der Waals surface area contributed by atoms with E-state index in [-0.39, 0.29) is 13.0 Å². The molecule has 14 heavy (non-hydrogen) atoms. The third-order valence-electron chi connectivity index (χ3n) is 1.58. The van der Waals surface area contributed by atoms with E-state index < -0.39 is 21.2 Å². The Kier molecular flexibility index (Phi) is 5.12. The van der Waals surface area contributed by atoms with Crippen LogP contribution in [0.3, 0.4) is 0 Å². The number of nitrogens with zero attached hydrogens (tertiary/aromatic N) is 1. The second-order valence-electron chi connectivity index (χ2n) is 2.68. The Morgan fingerprint density at radius 3 is 2.64 bits per heavy atom. The number of carboxylic acid groups (broad SMARTS) is 1. The fourth-order valence-electron chi connectivity index (χ4n) is 0.640. The molecule has 0 saturated heterocycles. The molecule has 1 unspecified atom stereocenters. The lowest BCUT2D eigenvalue weighted by molar-refractivity contribution is -0.136. The number of nitriles is 1. The molecule has 7 heteroatoms. The van der Waals surface area contributed by atoms with E-state index in [2.05, 4.69) is 4.72 Å². The number of carboxylic acids is 1. The molecule has 6 nitrogen and oxygen atoms in total. The van der Waals surface area contributed by atoms with E-state index in [1.165, 1.54) is 0 Å². The lowest BCUT2D eigenvalue weighted by Crippen LogP contribution is -2.37. The molecule has 0 amide bonds. The standard InChI is InChI=1S/C7H12N2O4S/c1-6(7(10)11)14(12,13)9-5-3-2-4-8/h6,9H,2-3,5H2,1H3,(H,10,11). The molecule has 0 saturated carbocycles. The Balaban J connectivity index is 4.10. The van der Waals surface area contributed by atoms with Crippen LogP contribution in [0.4, 0.5) is 0 Å². The van der Waals surface area contributed by atoms with Crippen molar-refractivity contribution in [3.8, 4) is 6.07 Å². The zero-order chi connectivity index (χ0) is 11.2. The number of sulfonamides is 1. The van der Waals surface area contributed by atoms with Crippen LogP contribution in [0.2, 0.25) is 0 Å². The summed E-state index contributed by atoms with van der Waals surface area (Å²) >= 11 is 0. The normalized spacial score (nSPS) is 13.1. The number of carbonyl (C=O) groups is 1. The summed E-state index contributed by atoms with van der Waals surface area (Å²) < 4.78 is 24.4. The quantitative estimate of drug-likeness (QED) is 0.596. The molecule has 0 spiro atoms. The summed E-state index contributed by atoms with van der Waals surface area (Å²) in [6, 6.07) is 1.85. The maximum Gasteiger partial charge on any atom is 0.323 e. The van der Waals surface area contributed by atoms with Crippen molar-refractivity contribution in [1.82, 2.24) is 4.72 Å². The molecule has 0 bridgehead atoms. The van der Waals surface area contributed by atoms with Crippen LogP contribution in [0.25, 0.3) is 0 Å². The number of unbranched alkanes of at least 4 members (excludes halogenated alkanes) is 1. The number of nitrogens with one attached hydrogen (secondary N) is 1. The van der Waals surface area contributed by atoms with Crippen molar-refractivity contribution in [2.45, 2.75) is 25.0 Å². The number of aliphatic carboxylic acids is 1. The Labute approximate surface area is 82.6 Å². The Bertz CT molecular complexity index is 330. The molecule has 0 aromatic carbocycles. The third-order valence-corrected chi connectivity index (χ3v) is 3.32. The molecule has 0 fully saturated rings. The zero-order valence-corrected chi connectivity index (χ0v) is 8.54. The first kappa shape index (κ1) is 12.9. The van der Waals surface area contributed by atoms with Gasteiger partial charge < -0.3 is 5.11 Å². The number of hydrogen-bond donors (Lipinski definition) is 2. The lowest BCUT2D eigenvalue weighted by Gasteiger charge is -2.08. The van der Waals surface area contributed by atoms with Crippen molar-refractivity contribution in [2.24, 2.45) is 0 Å². The van der Waals surface area contributed by atoms with Crippen LogP contribution >= 0.6 is 0 Å². The van der Waals surface area contributed by atoms with Crippen molar-refractivity contribution < 1.29 is 18.3 Å². The van der Waals surface area contributed by atoms with E-state index >= 15 is 0 Å². The first-order chi connectivity index (χ1) is 6.41. The van der Waals surface area contributed by atoms with Gasteiger partial charge in [-0.15, -0.1) is 0 Å². The van der Waals surface area contributed by atoms with Gasteiger partial charge in [-0.3, -0.25) is 4.79 Å². The first-order valence-corrected chi connectivity index (χ1v) is 5.54. The molecule has 2 N–H and O–H groups in total. The molecule has 0 aliphatic rings. The van der Waals surface area contributed by atoms with Crippen LogP contribution in [0, 0.1) is 11.3 Å². The van der Waals surface area contributed by atoms with Gasteiger partial charge in [0.1, 0.15) is 0 Å². The summed E-state index contributed by atoms with van der Waals surface area (Å²) in [7, 11) is -3.80. The van der Waals surface area contributed by atoms with Crippen LogP contribution in [-0.4, -0.2) is 31.3 Å². The van der Waals surface area contributed by atoms with Gasteiger partial charge in [0, 0.05) is 13.0 Å². The monoisotopic (exact) mass is 220 g/mol. The van der Waals surface area contributed by atoms with E-state index in [0.717, 1.165) is 6.92 Å². The van der Waals surface area contributed by atoms with Gasteiger partial charge in [0.25, 0.3) is 0 Å². The van der Waals surface area contributed by atoms with Crippen molar-refractivity contribution in [1.29, 1.82) is 5.26 Å². The molecular weight excluding hydrogens is 208 g/mol. The van der Waals surface area contributed by atoms with Crippen LogP contribution in [0.5, 0.6) is 0 Å². The second kappa shape index (κ2) is 5.57. The Morgan fingerprint density at radius 1 is 1.64 bits per heavy atom. The Hall–Kier alpha value is -1.13. The van der Waals surface area contributed by atoms with Crippen LogP contribution in [0.1, 0.15) is 19.8 Å².